The number of aryl methyl sites for hydroxylation is 1. The summed E-state index contributed by atoms with van der Waals surface area (Å²) >= 11 is 1.14. The van der Waals surface area contributed by atoms with E-state index >= 15 is 0 Å². The summed E-state index contributed by atoms with van der Waals surface area (Å²) in [6.45, 7) is 1.96. The topological polar surface area (TPSA) is 62.6 Å². The molecule has 0 aliphatic heterocycles. The summed E-state index contributed by atoms with van der Waals surface area (Å²) in [5.74, 6) is 0.779. The second kappa shape index (κ2) is 7.17. The highest BCUT2D eigenvalue weighted by Gasteiger charge is 2.11. The number of carbonyl (C=O) groups is 2. The largest absolute Gasteiger partial charge is 0.456 e. The van der Waals surface area contributed by atoms with Crippen molar-refractivity contribution in [2.24, 2.45) is 0 Å². The lowest BCUT2D eigenvalue weighted by molar-refractivity contribution is 0.0995. The van der Waals surface area contributed by atoms with Gasteiger partial charge in [-0.3, -0.25) is 9.59 Å². The zero-order chi connectivity index (χ0) is 16.1. The lowest BCUT2D eigenvalue weighted by atomic mass is 10.3. The molecule has 0 saturated heterocycles. The van der Waals surface area contributed by atoms with Crippen molar-refractivity contribution in [3.8, 4) is 0 Å². The highest BCUT2D eigenvalue weighted by molar-refractivity contribution is 8.13. The zero-order valence-corrected chi connectivity index (χ0v) is 13.6. The second-order valence-electron chi connectivity index (χ2n) is 4.86. The number of nitrogens with zero attached hydrogens (tertiary/aromatic N) is 1. The first-order valence-electron chi connectivity index (χ1n) is 6.89. The van der Waals surface area contributed by atoms with E-state index < -0.39 is 0 Å². The standard InChI is InChI=1S/C16H18N2O3S/c1-4-12-7-10-14(21-12)15(19)17-11-5-8-13(9-6-11)22-16(20)18(2)3/h5-10H,4H2,1-3H3,(H,17,19). The molecule has 116 valence electrons. The predicted octanol–water partition coefficient (Wildman–Crippen LogP) is 3.87. The molecule has 5 nitrogen and oxygen atoms in total. The number of thioether (sulfide) groups is 1. The summed E-state index contributed by atoms with van der Waals surface area (Å²) in [7, 11) is 3.41. The van der Waals surface area contributed by atoms with E-state index in [0.29, 0.717) is 5.69 Å². The Morgan fingerprint density at radius 3 is 2.36 bits per heavy atom. The van der Waals surface area contributed by atoms with Crippen molar-refractivity contribution in [3.63, 3.8) is 0 Å². The van der Waals surface area contributed by atoms with Gasteiger partial charge in [-0.2, -0.15) is 0 Å². The fourth-order valence-corrected chi connectivity index (χ4v) is 2.34. The van der Waals surface area contributed by atoms with Crippen LogP contribution in [0, 0.1) is 0 Å². The fraction of sp³-hybridized carbons (Fsp3) is 0.250. The number of hydrogen-bond acceptors (Lipinski definition) is 4. The molecule has 2 aromatic rings. The summed E-state index contributed by atoms with van der Waals surface area (Å²) in [6, 6.07) is 10.6. The van der Waals surface area contributed by atoms with Gasteiger partial charge in [0.2, 0.25) is 0 Å². The molecule has 2 rings (SSSR count). The van der Waals surface area contributed by atoms with Crippen LogP contribution in [-0.2, 0) is 6.42 Å². The molecular weight excluding hydrogens is 300 g/mol. The molecule has 1 aromatic heterocycles. The van der Waals surface area contributed by atoms with Crippen LogP contribution in [0.15, 0.2) is 45.7 Å². The van der Waals surface area contributed by atoms with Crippen molar-refractivity contribution in [2.45, 2.75) is 18.2 Å². The summed E-state index contributed by atoms with van der Waals surface area (Å²) in [6.07, 6.45) is 0.749. The Bertz CT molecular complexity index is 662. The number of benzene rings is 1. The predicted molar refractivity (Wildman–Crippen MR) is 87.4 cm³/mol. The van der Waals surface area contributed by atoms with Crippen molar-refractivity contribution < 1.29 is 14.0 Å². The highest BCUT2D eigenvalue weighted by Crippen LogP contribution is 2.22. The van der Waals surface area contributed by atoms with Crippen LogP contribution in [0.25, 0.3) is 0 Å². The van der Waals surface area contributed by atoms with E-state index in [4.69, 9.17) is 4.42 Å². The number of nitrogens with one attached hydrogen (secondary N) is 1. The maximum atomic E-state index is 12.0. The molecule has 0 aliphatic rings. The van der Waals surface area contributed by atoms with Crippen LogP contribution in [0.4, 0.5) is 10.5 Å². The SMILES string of the molecule is CCc1ccc(C(=O)Nc2ccc(SC(=O)N(C)C)cc2)o1. The van der Waals surface area contributed by atoms with Crippen molar-refractivity contribution in [1.82, 2.24) is 4.90 Å². The van der Waals surface area contributed by atoms with Crippen LogP contribution in [0.2, 0.25) is 0 Å². The molecule has 0 radical (unpaired) electrons. The van der Waals surface area contributed by atoms with Gasteiger partial charge in [0.15, 0.2) is 5.76 Å². The summed E-state index contributed by atoms with van der Waals surface area (Å²) < 4.78 is 5.40. The van der Waals surface area contributed by atoms with Crippen LogP contribution >= 0.6 is 11.8 Å². The van der Waals surface area contributed by atoms with E-state index in [1.807, 2.05) is 6.92 Å². The minimum atomic E-state index is -0.288. The highest BCUT2D eigenvalue weighted by atomic mass is 32.2. The van der Waals surface area contributed by atoms with Gasteiger partial charge in [-0.25, -0.2) is 0 Å². The van der Waals surface area contributed by atoms with Crippen molar-refractivity contribution in [1.29, 1.82) is 0 Å². The first kappa shape index (κ1) is 16.2. The quantitative estimate of drug-likeness (QED) is 0.869. The molecule has 1 N–H and O–H groups in total. The molecule has 0 spiro atoms. The maximum absolute atomic E-state index is 12.0. The summed E-state index contributed by atoms with van der Waals surface area (Å²) in [5, 5.41) is 2.72. The van der Waals surface area contributed by atoms with Gasteiger partial charge in [0.25, 0.3) is 11.1 Å². The van der Waals surface area contributed by atoms with Crippen LogP contribution in [0.3, 0.4) is 0 Å². The van der Waals surface area contributed by atoms with Crippen LogP contribution < -0.4 is 5.32 Å². The van der Waals surface area contributed by atoms with Crippen LogP contribution in [0.5, 0.6) is 0 Å². The lowest BCUT2D eigenvalue weighted by Gasteiger charge is -2.09. The molecule has 0 unspecified atom stereocenters. The number of carbonyl (C=O) groups excluding carboxylic acids is 2. The molecule has 0 aliphatic carbocycles. The Labute approximate surface area is 133 Å². The Hall–Kier alpha value is -2.21. The van der Waals surface area contributed by atoms with Gasteiger partial charge in [0, 0.05) is 31.1 Å². The molecule has 0 atom stereocenters. The Kier molecular flexibility index (Phi) is 5.27. The van der Waals surface area contributed by atoms with E-state index in [9.17, 15) is 9.59 Å². The number of hydrogen-bond donors (Lipinski definition) is 1. The fourth-order valence-electron chi connectivity index (χ4n) is 1.68. The normalized spacial score (nSPS) is 10.3. The summed E-state index contributed by atoms with van der Waals surface area (Å²) in [4.78, 5) is 26.0. The molecule has 6 heteroatoms. The zero-order valence-electron chi connectivity index (χ0n) is 12.8. The van der Waals surface area contributed by atoms with E-state index in [1.165, 1.54) is 4.90 Å². The average molecular weight is 318 g/mol. The summed E-state index contributed by atoms with van der Waals surface area (Å²) in [5.41, 5.74) is 0.654. The second-order valence-corrected chi connectivity index (χ2v) is 5.89. The Balaban J connectivity index is 1.98. The van der Waals surface area contributed by atoms with E-state index in [2.05, 4.69) is 5.32 Å². The maximum Gasteiger partial charge on any atom is 0.291 e. The third-order valence-corrected chi connectivity index (χ3v) is 3.96. The number of anilines is 1. The minimum absolute atomic E-state index is 0.0422. The van der Waals surface area contributed by atoms with Gasteiger partial charge < -0.3 is 14.6 Å². The third kappa shape index (κ3) is 4.14. The van der Waals surface area contributed by atoms with E-state index in [0.717, 1.165) is 28.8 Å². The van der Waals surface area contributed by atoms with Crippen LogP contribution in [-0.4, -0.2) is 30.1 Å². The number of rotatable bonds is 4. The molecule has 2 amide bonds. The molecule has 0 saturated carbocycles. The first-order chi connectivity index (χ1) is 10.5. The number of furan rings is 1. The van der Waals surface area contributed by atoms with Gasteiger partial charge in [0.05, 0.1) is 0 Å². The Morgan fingerprint density at radius 2 is 1.82 bits per heavy atom. The molecule has 0 bridgehead atoms. The van der Waals surface area contributed by atoms with E-state index in [1.54, 1.807) is 50.5 Å². The lowest BCUT2D eigenvalue weighted by Crippen LogP contribution is -2.16. The molecule has 1 aromatic carbocycles. The molecule has 22 heavy (non-hydrogen) atoms. The number of amides is 2. The van der Waals surface area contributed by atoms with Crippen LogP contribution in [0.1, 0.15) is 23.2 Å². The first-order valence-corrected chi connectivity index (χ1v) is 7.70. The van der Waals surface area contributed by atoms with Crippen molar-refractivity contribution in [2.75, 3.05) is 19.4 Å². The van der Waals surface area contributed by atoms with E-state index in [-0.39, 0.29) is 16.9 Å². The van der Waals surface area contributed by atoms with Gasteiger partial charge in [0.1, 0.15) is 5.76 Å². The smallest absolute Gasteiger partial charge is 0.291 e. The average Bonchev–Trinajstić information content (AvgIpc) is 2.98. The van der Waals surface area contributed by atoms with Gasteiger partial charge in [-0.1, -0.05) is 6.92 Å². The van der Waals surface area contributed by atoms with Gasteiger partial charge in [-0.05, 0) is 48.2 Å². The van der Waals surface area contributed by atoms with Crippen molar-refractivity contribution in [3.05, 3.63) is 47.9 Å². The monoisotopic (exact) mass is 318 g/mol. The molecule has 1 heterocycles. The van der Waals surface area contributed by atoms with Gasteiger partial charge >= 0.3 is 0 Å². The third-order valence-electron chi connectivity index (χ3n) is 2.92. The molecular formula is C16H18N2O3S. The Morgan fingerprint density at radius 1 is 1.14 bits per heavy atom. The molecule has 0 fully saturated rings. The van der Waals surface area contributed by atoms with Gasteiger partial charge in [-0.15, -0.1) is 0 Å². The minimum Gasteiger partial charge on any atom is -0.456 e. The van der Waals surface area contributed by atoms with Crippen molar-refractivity contribution >= 4 is 28.6 Å².